The molecule has 0 saturated carbocycles. The number of amides is 1. The number of ether oxygens (including phenoxy) is 2. The SMILES string of the molecule is CCOCCOC(C)C(=O)Nc1ccc(C)cc1Br. The van der Waals surface area contributed by atoms with Gasteiger partial charge < -0.3 is 14.8 Å². The predicted molar refractivity (Wildman–Crippen MR) is 79.4 cm³/mol. The number of benzene rings is 1. The molecule has 1 atom stereocenters. The zero-order valence-electron chi connectivity index (χ0n) is 11.5. The molecule has 1 aromatic rings. The number of carbonyl (C=O) groups excluding carboxylic acids is 1. The zero-order chi connectivity index (χ0) is 14.3. The van der Waals surface area contributed by atoms with Crippen LogP contribution >= 0.6 is 15.9 Å². The molecule has 0 aromatic heterocycles. The Kier molecular flexibility index (Phi) is 7.05. The molecule has 0 bridgehead atoms. The molecule has 1 unspecified atom stereocenters. The summed E-state index contributed by atoms with van der Waals surface area (Å²) < 4.78 is 11.4. The molecule has 0 saturated heterocycles. The monoisotopic (exact) mass is 329 g/mol. The lowest BCUT2D eigenvalue weighted by molar-refractivity contribution is -0.127. The molecule has 0 fully saturated rings. The van der Waals surface area contributed by atoms with Crippen LogP contribution in [0.15, 0.2) is 22.7 Å². The van der Waals surface area contributed by atoms with E-state index in [1.54, 1.807) is 6.92 Å². The summed E-state index contributed by atoms with van der Waals surface area (Å²) in [6, 6.07) is 5.77. The second-order valence-corrected chi connectivity index (χ2v) is 5.04. The summed E-state index contributed by atoms with van der Waals surface area (Å²) in [6.45, 7) is 7.21. The molecule has 0 aliphatic rings. The van der Waals surface area contributed by atoms with Crippen molar-refractivity contribution in [2.45, 2.75) is 26.9 Å². The smallest absolute Gasteiger partial charge is 0.253 e. The Morgan fingerprint density at radius 2 is 2.16 bits per heavy atom. The van der Waals surface area contributed by atoms with Gasteiger partial charge >= 0.3 is 0 Å². The first-order chi connectivity index (χ1) is 9.04. The lowest BCUT2D eigenvalue weighted by atomic mass is 10.2. The number of carbonyl (C=O) groups is 1. The van der Waals surface area contributed by atoms with E-state index in [1.807, 2.05) is 32.0 Å². The molecule has 19 heavy (non-hydrogen) atoms. The number of nitrogens with one attached hydrogen (secondary N) is 1. The Labute approximate surface area is 122 Å². The molecule has 1 N–H and O–H groups in total. The van der Waals surface area contributed by atoms with E-state index in [4.69, 9.17) is 9.47 Å². The Morgan fingerprint density at radius 1 is 1.42 bits per heavy atom. The molecule has 4 nitrogen and oxygen atoms in total. The van der Waals surface area contributed by atoms with Crippen LogP contribution in [-0.4, -0.2) is 31.8 Å². The number of anilines is 1. The largest absolute Gasteiger partial charge is 0.379 e. The van der Waals surface area contributed by atoms with Crippen molar-refractivity contribution in [1.29, 1.82) is 0 Å². The highest BCUT2D eigenvalue weighted by Crippen LogP contribution is 2.23. The van der Waals surface area contributed by atoms with Gasteiger partial charge in [-0.15, -0.1) is 0 Å². The zero-order valence-corrected chi connectivity index (χ0v) is 13.1. The van der Waals surface area contributed by atoms with Gasteiger partial charge in [0.2, 0.25) is 0 Å². The van der Waals surface area contributed by atoms with Crippen LogP contribution in [0.2, 0.25) is 0 Å². The first kappa shape index (κ1) is 16.1. The van der Waals surface area contributed by atoms with Crippen molar-refractivity contribution in [3.63, 3.8) is 0 Å². The van der Waals surface area contributed by atoms with Crippen LogP contribution in [0.1, 0.15) is 19.4 Å². The van der Waals surface area contributed by atoms with E-state index in [0.29, 0.717) is 19.8 Å². The minimum absolute atomic E-state index is 0.166. The Bertz CT molecular complexity index is 423. The number of halogens is 1. The average molecular weight is 330 g/mol. The van der Waals surface area contributed by atoms with Crippen LogP contribution in [0.3, 0.4) is 0 Å². The maximum absolute atomic E-state index is 11.9. The fraction of sp³-hybridized carbons (Fsp3) is 0.500. The van der Waals surface area contributed by atoms with Crippen LogP contribution in [-0.2, 0) is 14.3 Å². The Morgan fingerprint density at radius 3 is 2.79 bits per heavy atom. The van der Waals surface area contributed by atoms with Gasteiger partial charge in [0.05, 0.1) is 18.9 Å². The summed E-state index contributed by atoms with van der Waals surface area (Å²) in [6.07, 6.45) is -0.506. The second kappa shape index (κ2) is 8.30. The van der Waals surface area contributed by atoms with Crippen molar-refractivity contribution >= 4 is 27.5 Å². The predicted octanol–water partition coefficient (Wildman–Crippen LogP) is 3.14. The number of hydrogen-bond acceptors (Lipinski definition) is 3. The summed E-state index contributed by atoms with van der Waals surface area (Å²) in [4.78, 5) is 11.9. The molecule has 0 heterocycles. The van der Waals surface area contributed by atoms with Crippen LogP contribution in [0.4, 0.5) is 5.69 Å². The lowest BCUT2D eigenvalue weighted by Crippen LogP contribution is -2.29. The highest BCUT2D eigenvalue weighted by Gasteiger charge is 2.14. The summed E-state index contributed by atoms with van der Waals surface area (Å²) >= 11 is 3.42. The minimum Gasteiger partial charge on any atom is -0.379 e. The van der Waals surface area contributed by atoms with Gasteiger partial charge in [0.15, 0.2) is 0 Å². The molecule has 106 valence electrons. The molecule has 1 rings (SSSR count). The molecule has 1 aromatic carbocycles. The average Bonchev–Trinajstić information content (AvgIpc) is 2.37. The van der Waals surface area contributed by atoms with Gasteiger partial charge in [0, 0.05) is 11.1 Å². The fourth-order valence-electron chi connectivity index (χ4n) is 1.46. The van der Waals surface area contributed by atoms with Gasteiger partial charge in [-0.1, -0.05) is 6.07 Å². The van der Waals surface area contributed by atoms with Crippen LogP contribution in [0.25, 0.3) is 0 Å². The van der Waals surface area contributed by atoms with Gasteiger partial charge in [-0.2, -0.15) is 0 Å². The molecule has 0 aliphatic carbocycles. The fourth-order valence-corrected chi connectivity index (χ4v) is 2.05. The maximum atomic E-state index is 11.9. The Balaban J connectivity index is 2.45. The van der Waals surface area contributed by atoms with E-state index in [-0.39, 0.29) is 5.91 Å². The minimum atomic E-state index is -0.506. The molecular weight excluding hydrogens is 310 g/mol. The molecule has 0 aliphatic heterocycles. The van der Waals surface area contributed by atoms with Crippen molar-refractivity contribution in [2.75, 3.05) is 25.1 Å². The van der Waals surface area contributed by atoms with Crippen molar-refractivity contribution in [1.82, 2.24) is 0 Å². The summed E-state index contributed by atoms with van der Waals surface area (Å²) in [5.41, 5.74) is 1.88. The van der Waals surface area contributed by atoms with Crippen LogP contribution < -0.4 is 5.32 Å². The quantitative estimate of drug-likeness (QED) is 0.782. The van der Waals surface area contributed by atoms with Crippen molar-refractivity contribution < 1.29 is 14.3 Å². The van der Waals surface area contributed by atoms with E-state index in [0.717, 1.165) is 15.7 Å². The van der Waals surface area contributed by atoms with Gasteiger partial charge in [-0.25, -0.2) is 0 Å². The molecule has 1 amide bonds. The van der Waals surface area contributed by atoms with E-state index >= 15 is 0 Å². The molecular formula is C14H20BrNO3. The van der Waals surface area contributed by atoms with E-state index in [1.165, 1.54) is 0 Å². The molecule has 5 heteroatoms. The van der Waals surface area contributed by atoms with Crippen molar-refractivity contribution in [2.24, 2.45) is 0 Å². The van der Waals surface area contributed by atoms with Gasteiger partial charge in [0.1, 0.15) is 6.10 Å². The summed E-state index contributed by atoms with van der Waals surface area (Å²) in [7, 11) is 0. The van der Waals surface area contributed by atoms with Crippen LogP contribution in [0, 0.1) is 6.92 Å². The standard InChI is InChI=1S/C14H20BrNO3/c1-4-18-7-8-19-11(3)14(17)16-13-6-5-10(2)9-12(13)15/h5-6,9,11H,4,7-8H2,1-3H3,(H,16,17). The summed E-state index contributed by atoms with van der Waals surface area (Å²) in [5.74, 6) is -0.166. The maximum Gasteiger partial charge on any atom is 0.253 e. The molecule has 0 radical (unpaired) electrons. The first-order valence-electron chi connectivity index (χ1n) is 6.31. The van der Waals surface area contributed by atoms with E-state index < -0.39 is 6.10 Å². The van der Waals surface area contributed by atoms with Gasteiger partial charge in [-0.05, 0) is 54.4 Å². The van der Waals surface area contributed by atoms with Crippen LogP contribution in [0.5, 0.6) is 0 Å². The Hall–Kier alpha value is -0.910. The molecule has 0 spiro atoms. The first-order valence-corrected chi connectivity index (χ1v) is 7.10. The summed E-state index contributed by atoms with van der Waals surface area (Å²) in [5, 5.41) is 2.83. The second-order valence-electron chi connectivity index (χ2n) is 4.18. The highest BCUT2D eigenvalue weighted by molar-refractivity contribution is 9.10. The third kappa shape index (κ3) is 5.72. The highest BCUT2D eigenvalue weighted by atomic mass is 79.9. The third-order valence-corrected chi connectivity index (χ3v) is 3.21. The number of aryl methyl sites for hydroxylation is 1. The van der Waals surface area contributed by atoms with Gasteiger partial charge in [-0.3, -0.25) is 4.79 Å². The van der Waals surface area contributed by atoms with E-state index in [9.17, 15) is 4.79 Å². The van der Waals surface area contributed by atoms with Crippen molar-refractivity contribution in [3.8, 4) is 0 Å². The van der Waals surface area contributed by atoms with Gasteiger partial charge in [0.25, 0.3) is 5.91 Å². The number of hydrogen-bond donors (Lipinski definition) is 1. The topological polar surface area (TPSA) is 47.6 Å². The normalized spacial score (nSPS) is 12.2. The number of rotatable bonds is 7. The van der Waals surface area contributed by atoms with Crippen molar-refractivity contribution in [3.05, 3.63) is 28.2 Å². The third-order valence-electron chi connectivity index (χ3n) is 2.55. The lowest BCUT2D eigenvalue weighted by Gasteiger charge is -2.14. The van der Waals surface area contributed by atoms with E-state index in [2.05, 4.69) is 21.2 Å².